The van der Waals surface area contributed by atoms with Gasteiger partial charge in [0.05, 0.1) is 17.8 Å². The largest absolute Gasteiger partial charge is 0.301 e. The van der Waals surface area contributed by atoms with E-state index in [0.717, 1.165) is 27.4 Å². The summed E-state index contributed by atoms with van der Waals surface area (Å²) in [6.45, 7) is 2.25. The molecule has 1 aromatic carbocycles. The highest BCUT2D eigenvalue weighted by Gasteiger charge is 2.06. The topological polar surface area (TPSA) is 34.9 Å². The first-order valence-electron chi connectivity index (χ1n) is 4.28. The fourth-order valence-corrected chi connectivity index (χ4v) is 1.88. The van der Waals surface area contributed by atoms with Crippen LogP contribution in [0.4, 0.5) is 0 Å². The van der Waals surface area contributed by atoms with Crippen LogP contribution >= 0.6 is 15.9 Å². The zero-order valence-electron chi connectivity index (χ0n) is 7.70. The summed E-state index contributed by atoms with van der Waals surface area (Å²) in [5.41, 5.74) is 1.95. The first-order valence-corrected chi connectivity index (χ1v) is 5.08. The first-order chi connectivity index (χ1) is 6.72. The van der Waals surface area contributed by atoms with Crippen LogP contribution in [0.2, 0.25) is 0 Å². The zero-order chi connectivity index (χ0) is 10.1. The Labute approximate surface area is 89.8 Å². The lowest BCUT2D eigenvalue weighted by atomic mass is 10.2. The summed E-state index contributed by atoms with van der Waals surface area (Å²) in [6, 6.07) is 5.92. The summed E-state index contributed by atoms with van der Waals surface area (Å²) in [5.74, 6) is 0. The average molecular weight is 253 g/mol. The number of aryl methyl sites for hydroxylation is 1. The second-order valence-electron chi connectivity index (χ2n) is 3.10. The number of aldehydes is 1. The second-order valence-corrected chi connectivity index (χ2v) is 4.01. The molecule has 0 saturated heterocycles. The summed E-state index contributed by atoms with van der Waals surface area (Å²) >= 11 is 3.41. The standard InChI is InChI=1S/C10H9BrN2O/c1-7-9-6-8(11)2-3-10(9)13(12-7)4-5-14/h2-3,5-6H,4H2,1H3. The molecule has 14 heavy (non-hydrogen) atoms. The van der Waals surface area contributed by atoms with E-state index >= 15 is 0 Å². The number of nitrogens with zero attached hydrogens (tertiary/aromatic N) is 2. The van der Waals surface area contributed by atoms with Crippen LogP contribution in [0.1, 0.15) is 5.69 Å². The number of halogens is 1. The molecule has 0 unspecified atom stereocenters. The highest BCUT2D eigenvalue weighted by atomic mass is 79.9. The molecule has 0 aliphatic carbocycles. The molecule has 1 heterocycles. The smallest absolute Gasteiger partial charge is 0.141 e. The highest BCUT2D eigenvalue weighted by Crippen LogP contribution is 2.22. The van der Waals surface area contributed by atoms with Crippen molar-refractivity contribution < 1.29 is 4.79 Å². The Morgan fingerprint density at radius 2 is 2.36 bits per heavy atom. The van der Waals surface area contributed by atoms with E-state index in [1.165, 1.54) is 0 Å². The third-order valence-corrected chi connectivity index (χ3v) is 2.64. The zero-order valence-corrected chi connectivity index (χ0v) is 9.28. The maximum absolute atomic E-state index is 10.4. The average Bonchev–Trinajstić information content (AvgIpc) is 2.44. The lowest BCUT2D eigenvalue weighted by Gasteiger charge is -1.96. The summed E-state index contributed by atoms with van der Waals surface area (Å²) in [6.07, 6.45) is 0.855. The SMILES string of the molecule is Cc1nn(CC=O)c2ccc(Br)cc12. The minimum atomic E-state index is 0.311. The van der Waals surface area contributed by atoms with Crippen molar-refractivity contribution in [2.24, 2.45) is 0 Å². The molecule has 0 radical (unpaired) electrons. The molecular weight excluding hydrogens is 244 g/mol. The number of carbonyl (C=O) groups is 1. The van der Waals surface area contributed by atoms with E-state index in [4.69, 9.17) is 0 Å². The molecule has 0 aliphatic heterocycles. The normalized spacial score (nSPS) is 10.7. The van der Waals surface area contributed by atoms with Gasteiger partial charge >= 0.3 is 0 Å². The summed E-state index contributed by atoms with van der Waals surface area (Å²) in [7, 11) is 0. The number of aromatic nitrogens is 2. The van der Waals surface area contributed by atoms with Crippen LogP contribution in [0.15, 0.2) is 22.7 Å². The molecule has 0 aliphatic rings. The third kappa shape index (κ3) is 1.46. The van der Waals surface area contributed by atoms with E-state index in [2.05, 4.69) is 21.0 Å². The molecule has 0 N–H and O–H groups in total. The second kappa shape index (κ2) is 3.53. The number of benzene rings is 1. The number of rotatable bonds is 2. The van der Waals surface area contributed by atoms with Gasteiger partial charge < -0.3 is 4.79 Å². The summed E-state index contributed by atoms with van der Waals surface area (Å²) in [4.78, 5) is 10.4. The van der Waals surface area contributed by atoms with E-state index in [1.807, 2.05) is 25.1 Å². The number of hydrogen-bond acceptors (Lipinski definition) is 2. The Hall–Kier alpha value is -1.16. The van der Waals surface area contributed by atoms with Crippen LogP contribution < -0.4 is 0 Å². The minimum Gasteiger partial charge on any atom is -0.301 e. The Morgan fingerprint density at radius 3 is 3.07 bits per heavy atom. The molecule has 0 fully saturated rings. The van der Waals surface area contributed by atoms with Crippen molar-refractivity contribution in [3.63, 3.8) is 0 Å². The van der Waals surface area contributed by atoms with Gasteiger partial charge in [0.25, 0.3) is 0 Å². The lowest BCUT2D eigenvalue weighted by Crippen LogP contribution is -2.00. The fraction of sp³-hybridized carbons (Fsp3) is 0.200. The highest BCUT2D eigenvalue weighted by molar-refractivity contribution is 9.10. The van der Waals surface area contributed by atoms with Crippen molar-refractivity contribution in [2.75, 3.05) is 0 Å². The third-order valence-electron chi connectivity index (χ3n) is 2.14. The van der Waals surface area contributed by atoms with Gasteiger partial charge in [-0.15, -0.1) is 0 Å². The summed E-state index contributed by atoms with van der Waals surface area (Å²) in [5, 5.41) is 5.37. The predicted molar refractivity (Wildman–Crippen MR) is 58.2 cm³/mol. The van der Waals surface area contributed by atoms with Crippen molar-refractivity contribution in [3.05, 3.63) is 28.4 Å². The number of carbonyl (C=O) groups excluding carboxylic acids is 1. The van der Waals surface area contributed by atoms with Crippen LogP contribution in [0.5, 0.6) is 0 Å². The molecule has 0 atom stereocenters. The van der Waals surface area contributed by atoms with Crippen LogP contribution in [-0.4, -0.2) is 16.1 Å². The molecule has 72 valence electrons. The van der Waals surface area contributed by atoms with E-state index in [9.17, 15) is 4.79 Å². The van der Waals surface area contributed by atoms with Gasteiger partial charge in [0.15, 0.2) is 0 Å². The van der Waals surface area contributed by atoms with Crippen molar-refractivity contribution in [1.29, 1.82) is 0 Å². The quantitative estimate of drug-likeness (QED) is 0.770. The van der Waals surface area contributed by atoms with Gasteiger partial charge in [-0.3, -0.25) is 4.68 Å². The Bertz CT molecular complexity index is 490. The van der Waals surface area contributed by atoms with Crippen molar-refractivity contribution in [1.82, 2.24) is 9.78 Å². The van der Waals surface area contributed by atoms with E-state index in [-0.39, 0.29) is 0 Å². The van der Waals surface area contributed by atoms with Crippen molar-refractivity contribution in [2.45, 2.75) is 13.5 Å². The van der Waals surface area contributed by atoms with Crippen LogP contribution in [0, 0.1) is 6.92 Å². The molecular formula is C10H9BrN2O. The van der Waals surface area contributed by atoms with E-state index in [1.54, 1.807) is 4.68 Å². The van der Waals surface area contributed by atoms with Gasteiger partial charge in [0.1, 0.15) is 6.29 Å². The molecule has 3 nitrogen and oxygen atoms in total. The summed E-state index contributed by atoms with van der Waals surface area (Å²) < 4.78 is 2.74. The van der Waals surface area contributed by atoms with Gasteiger partial charge in [-0.2, -0.15) is 5.10 Å². The van der Waals surface area contributed by atoms with Gasteiger partial charge in [0.2, 0.25) is 0 Å². The molecule has 0 saturated carbocycles. The van der Waals surface area contributed by atoms with E-state index in [0.29, 0.717) is 6.54 Å². The van der Waals surface area contributed by atoms with Crippen LogP contribution in [-0.2, 0) is 11.3 Å². The molecule has 2 rings (SSSR count). The maximum Gasteiger partial charge on any atom is 0.141 e. The minimum absolute atomic E-state index is 0.311. The number of hydrogen-bond donors (Lipinski definition) is 0. The Kier molecular flexibility index (Phi) is 2.37. The fourth-order valence-electron chi connectivity index (χ4n) is 1.52. The van der Waals surface area contributed by atoms with Gasteiger partial charge in [0, 0.05) is 9.86 Å². The Morgan fingerprint density at radius 1 is 1.57 bits per heavy atom. The molecule has 4 heteroatoms. The number of fused-ring (bicyclic) bond motifs is 1. The van der Waals surface area contributed by atoms with Crippen LogP contribution in [0.3, 0.4) is 0 Å². The molecule has 0 bridgehead atoms. The maximum atomic E-state index is 10.4. The molecule has 0 spiro atoms. The lowest BCUT2D eigenvalue weighted by molar-refractivity contribution is -0.108. The van der Waals surface area contributed by atoms with Gasteiger partial charge in [-0.25, -0.2) is 0 Å². The predicted octanol–water partition coefficient (Wildman–Crippen LogP) is 2.31. The van der Waals surface area contributed by atoms with Gasteiger partial charge in [-0.05, 0) is 25.1 Å². The first kappa shape index (κ1) is 9.40. The van der Waals surface area contributed by atoms with Crippen molar-refractivity contribution >= 4 is 33.1 Å². The monoisotopic (exact) mass is 252 g/mol. The van der Waals surface area contributed by atoms with E-state index < -0.39 is 0 Å². The molecule has 0 amide bonds. The Balaban J connectivity index is 2.70. The molecule has 2 aromatic rings. The van der Waals surface area contributed by atoms with Crippen LogP contribution in [0.25, 0.3) is 10.9 Å². The molecule has 1 aromatic heterocycles. The van der Waals surface area contributed by atoms with Crippen molar-refractivity contribution in [3.8, 4) is 0 Å². The van der Waals surface area contributed by atoms with Gasteiger partial charge in [-0.1, -0.05) is 15.9 Å².